The molecule has 1 atom stereocenters. The third-order valence-corrected chi connectivity index (χ3v) is 4.56. The number of likely N-dealkylation sites (tertiary alicyclic amines) is 1. The summed E-state index contributed by atoms with van der Waals surface area (Å²) in [4.78, 5) is 14.6. The molecule has 0 bridgehead atoms. The molecule has 2 aromatic rings. The SMILES string of the molecule is Cc1cc(F)ccc1C(=O)N1CCCC1c1ccsc1. The van der Waals surface area contributed by atoms with E-state index in [4.69, 9.17) is 0 Å². The molecule has 1 aromatic heterocycles. The topological polar surface area (TPSA) is 20.3 Å². The van der Waals surface area contributed by atoms with Crippen molar-refractivity contribution in [2.24, 2.45) is 0 Å². The number of carbonyl (C=O) groups excluding carboxylic acids is 1. The summed E-state index contributed by atoms with van der Waals surface area (Å²) in [5, 5.41) is 4.15. The van der Waals surface area contributed by atoms with Gasteiger partial charge in [-0.15, -0.1) is 0 Å². The Kier molecular flexibility index (Phi) is 3.57. The maximum absolute atomic E-state index is 13.2. The Morgan fingerprint density at radius 3 is 2.95 bits per heavy atom. The fourth-order valence-electron chi connectivity index (χ4n) is 2.84. The van der Waals surface area contributed by atoms with Gasteiger partial charge in [-0.05, 0) is 65.9 Å². The Hall–Kier alpha value is -1.68. The summed E-state index contributed by atoms with van der Waals surface area (Å²) in [6.07, 6.45) is 2.02. The highest BCUT2D eigenvalue weighted by atomic mass is 32.1. The molecule has 4 heteroatoms. The van der Waals surface area contributed by atoms with Gasteiger partial charge in [-0.1, -0.05) is 0 Å². The average Bonchev–Trinajstić information content (AvgIpc) is 3.09. The highest BCUT2D eigenvalue weighted by Crippen LogP contribution is 2.34. The number of thiophene rings is 1. The summed E-state index contributed by atoms with van der Waals surface area (Å²) < 4.78 is 13.2. The maximum atomic E-state index is 13.2. The Labute approximate surface area is 121 Å². The molecule has 1 aromatic carbocycles. The van der Waals surface area contributed by atoms with Crippen LogP contribution in [0.5, 0.6) is 0 Å². The average molecular weight is 289 g/mol. The monoisotopic (exact) mass is 289 g/mol. The van der Waals surface area contributed by atoms with Crippen LogP contribution in [0.1, 0.15) is 40.4 Å². The lowest BCUT2D eigenvalue weighted by Gasteiger charge is -2.25. The molecule has 0 N–H and O–H groups in total. The number of halogens is 1. The fourth-order valence-corrected chi connectivity index (χ4v) is 3.55. The fraction of sp³-hybridized carbons (Fsp3) is 0.312. The second-order valence-electron chi connectivity index (χ2n) is 5.17. The lowest BCUT2D eigenvalue weighted by molar-refractivity contribution is 0.0735. The van der Waals surface area contributed by atoms with Crippen LogP contribution in [-0.2, 0) is 0 Å². The van der Waals surface area contributed by atoms with E-state index < -0.39 is 0 Å². The minimum atomic E-state index is -0.296. The Morgan fingerprint density at radius 2 is 2.25 bits per heavy atom. The zero-order valence-electron chi connectivity index (χ0n) is 11.3. The molecule has 1 fully saturated rings. The number of aryl methyl sites for hydroxylation is 1. The Bertz CT molecular complexity index is 623. The normalized spacial score (nSPS) is 18.5. The molecular weight excluding hydrogens is 273 g/mol. The summed E-state index contributed by atoms with van der Waals surface area (Å²) in [5.74, 6) is -0.286. The number of nitrogens with zero attached hydrogens (tertiary/aromatic N) is 1. The van der Waals surface area contributed by atoms with Crippen LogP contribution in [0.2, 0.25) is 0 Å². The molecule has 1 unspecified atom stereocenters. The third-order valence-electron chi connectivity index (χ3n) is 3.86. The van der Waals surface area contributed by atoms with Gasteiger partial charge in [-0.3, -0.25) is 4.79 Å². The van der Waals surface area contributed by atoms with Crippen molar-refractivity contribution in [1.82, 2.24) is 4.90 Å². The number of carbonyl (C=O) groups is 1. The predicted octanol–water partition coefficient (Wildman–Crippen LogP) is 4.17. The van der Waals surface area contributed by atoms with Crippen LogP contribution in [-0.4, -0.2) is 17.4 Å². The Morgan fingerprint density at radius 1 is 1.40 bits per heavy atom. The van der Waals surface area contributed by atoms with Crippen LogP contribution in [0.25, 0.3) is 0 Å². The maximum Gasteiger partial charge on any atom is 0.254 e. The second kappa shape index (κ2) is 5.37. The highest BCUT2D eigenvalue weighted by Gasteiger charge is 2.31. The molecule has 0 spiro atoms. The first kappa shape index (κ1) is 13.3. The zero-order chi connectivity index (χ0) is 14.1. The van der Waals surface area contributed by atoms with Crippen molar-refractivity contribution in [3.63, 3.8) is 0 Å². The molecule has 3 rings (SSSR count). The van der Waals surface area contributed by atoms with E-state index in [0.29, 0.717) is 11.1 Å². The molecule has 0 aliphatic carbocycles. The first-order valence-corrected chi connectivity index (χ1v) is 7.70. The molecule has 2 nitrogen and oxygen atoms in total. The first-order chi connectivity index (χ1) is 9.66. The number of benzene rings is 1. The number of hydrogen-bond donors (Lipinski definition) is 0. The van der Waals surface area contributed by atoms with Crippen LogP contribution >= 0.6 is 11.3 Å². The van der Waals surface area contributed by atoms with Gasteiger partial charge in [-0.25, -0.2) is 4.39 Å². The second-order valence-corrected chi connectivity index (χ2v) is 5.95. The van der Waals surface area contributed by atoms with E-state index in [0.717, 1.165) is 19.4 Å². The molecule has 0 saturated carbocycles. The van der Waals surface area contributed by atoms with Gasteiger partial charge < -0.3 is 4.90 Å². The van der Waals surface area contributed by atoms with Crippen LogP contribution in [0.3, 0.4) is 0 Å². The standard InChI is InChI=1S/C16H16FNOS/c1-11-9-13(17)4-5-14(11)16(19)18-7-2-3-15(18)12-6-8-20-10-12/h4-6,8-10,15H,2-3,7H2,1H3. The van der Waals surface area contributed by atoms with Gasteiger partial charge in [0.05, 0.1) is 6.04 Å². The van der Waals surface area contributed by atoms with Crippen LogP contribution in [0.15, 0.2) is 35.0 Å². The van der Waals surface area contributed by atoms with Gasteiger partial charge >= 0.3 is 0 Å². The van der Waals surface area contributed by atoms with E-state index >= 15 is 0 Å². The van der Waals surface area contributed by atoms with E-state index in [-0.39, 0.29) is 17.8 Å². The summed E-state index contributed by atoms with van der Waals surface area (Å²) >= 11 is 1.65. The van der Waals surface area contributed by atoms with Crippen molar-refractivity contribution >= 4 is 17.2 Å². The number of amides is 1. The summed E-state index contributed by atoms with van der Waals surface area (Å²) in [6.45, 7) is 2.56. The predicted molar refractivity (Wildman–Crippen MR) is 78.5 cm³/mol. The summed E-state index contributed by atoms with van der Waals surface area (Å²) in [7, 11) is 0. The van der Waals surface area contributed by atoms with E-state index in [1.165, 1.54) is 17.7 Å². The van der Waals surface area contributed by atoms with Gasteiger partial charge in [0.15, 0.2) is 0 Å². The molecule has 104 valence electrons. The summed E-state index contributed by atoms with van der Waals surface area (Å²) in [6, 6.07) is 6.62. The van der Waals surface area contributed by atoms with Gasteiger partial charge in [0.2, 0.25) is 0 Å². The minimum absolute atomic E-state index is 0.0104. The lowest BCUT2D eigenvalue weighted by atomic mass is 10.0. The van der Waals surface area contributed by atoms with Crippen molar-refractivity contribution in [1.29, 1.82) is 0 Å². The van der Waals surface area contributed by atoms with Crippen molar-refractivity contribution < 1.29 is 9.18 Å². The largest absolute Gasteiger partial charge is 0.332 e. The molecule has 1 aliphatic heterocycles. The van der Waals surface area contributed by atoms with Crippen LogP contribution < -0.4 is 0 Å². The van der Waals surface area contributed by atoms with Gasteiger partial charge in [-0.2, -0.15) is 11.3 Å². The molecule has 1 saturated heterocycles. The third kappa shape index (κ3) is 2.36. The molecular formula is C16H16FNOS. The molecule has 0 radical (unpaired) electrons. The van der Waals surface area contributed by atoms with E-state index in [9.17, 15) is 9.18 Å². The van der Waals surface area contributed by atoms with E-state index in [1.807, 2.05) is 10.3 Å². The van der Waals surface area contributed by atoms with Crippen molar-refractivity contribution in [3.05, 3.63) is 57.5 Å². The van der Waals surface area contributed by atoms with Gasteiger partial charge in [0.1, 0.15) is 5.82 Å². The molecule has 20 heavy (non-hydrogen) atoms. The highest BCUT2D eigenvalue weighted by molar-refractivity contribution is 7.07. The van der Waals surface area contributed by atoms with Crippen LogP contribution in [0.4, 0.5) is 4.39 Å². The summed E-state index contributed by atoms with van der Waals surface area (Å²) in [5.41, 5.74) is 2.51. The zero-order valence-corrected chi connectivity index (χ0v) is 12.1. The van der Waals surface area contributed by atoms with Crippen molar-refractivity contribution in [3.8, 4) is 0 Å². The van der Waals surface area contributed by atoms with Crippen molar-refractivity contribution in [2.45, 2.75) is 25.8 Å². The molecule has 2 heterocycles. The number of hydrogen-bond acceptors (Lipinski definition) is 2. The Balaban J connectivity index is 1.89. The molecule has 1 amide bonds. The lowest BCUT2D eigenvalue weighted by Crippen LogP contribution is -2.30. The minimum Gasteiger partial charge on any atom is -0.332 e. The van der Waals surface area contributed by atoms with Gasteiger partial charge in [0.25, 0.3) is 5.91 Å². The number of rotatable bonds is 2. The molecule has 1 aliphatic rings. The van der Waals surface area contributed by atoms with E-state index in [1.54, 1.807) is 24.3 Å². The van der Waals surface area contributed by atoms with Crippen molar-refractivity contribution in [2.75, 3.05) is 6.54 Å². The van der Waals surface area contributed by atoms with Gasteiger partial charge in [0, 0.05) is 12.1 Å². The van der Waals surface area contributed by atoms with E-state index in [2.05, 4.69) is 11.4 Å². The van der Waals surface area contributed by atoms with Crippen LogP contribution in [0, 0.1) is 12.7 Å². The first-order valence-electron chi connectivity index (χ1n) is 6.76. The quantitative estimate of drug-likeness (QED) is 0.812. The smallest absolute Gasteiger partial charge is 0.254 e.